The fourth-order valence-corrected chi connectivity index (χ4v) is 9.31. The van der Waals surface area contributed by atoms with Crippen LogP contribution >= 0.6 is 0 Å². The van der Waals surface area contributed by atoms with Crippen LogP contribution in [0.1, 0.15) is 52.7 Å². The van der Waals surface area contributed by atoms with E-state index in [1.165, 1.54) is 88.2 Å². The van der Waals surface area contributed by atoms with Crippen LogP contribution in [0.3, 0.4) is 0 Å². The van der Waals surface area contributed by atoms with Gasteiger partial charge in [-0.05, 0) is 68.1 Å². The molecule has 2 aliphatic rings. The van der Waals surface area contributed by atoms with Gasteiger partial charge in [-0.25, -0.2) is 0 Å². The highest BCUT2D eigenvalue weighted by Crippen LogP contribution is 2.51. The molecule has 4 heteroatoms. The van der Waals surface area contributed by atoms with Gasteiger partial charge < -0.3 is 13.8 Å². The van der Waals surface area contributed by atoms with E-state index in [1.54, 1.807) is 0 Å². The number of aromatic nitrogens is 1. The van der Waals surface area contributed by atoms with Gasteiger partial charge in [0.2, 0.25) is 0 Å². The first kappa shape index (κ1) is 29.9. The van der Waals surface area contributed by atoms with E-state index in [0.29, 0.717) is 0 Å². The fourth-order valence-electron chi connectivity index (χ4n) is 9.31. The van der Waals surface area contributed by atoms with Crippen molar-refractivity contribution in [3.63, 3.8) is 0 Å². The molecule has 2 aromatic heterocycles. The Kier molecular flexibility index (Phi) is 5.75. The van der Waals surface area contributed by atoms with Crippen molar-refractivity contribution in [2.45, 2.75) is 52.4 Å². The van der Waals surface area contributed by atoms with E-state index >= 15 is 0 Å². The topological polar surface area (TPSA) is 21.3 Å². The normalized spacial score (nSPS) is 13.9. The molecule has 0 bridgehead atoms. The van der Waals surface area contributed by atoms with Crippen molar-refractivity contribution < 1.29 is 4.42 Å². The fraction of sp³-hybridized carbons (Fsp3) is 0.167. The molecule has 0 fully saturated rings. The molecule has 0 amide bonds. The molecular formula is C48H39BN2O. The zero-order chi connectivity index (χ0) is 35.3. The Hall–Kier alpha value is -5.74. The number of nitrogens with zero attached hydrogens (tertiary/aromatic N) is 2. The Bertz CT molecular complexity index is 2970. The molecule has 0 aliphatic carbocycles. The molecule has 250 valence electrons. The van der Waals surface area contributed by atoms with Crippen LogP contribution in [-0.4, -0.2) is 11.3 Å². The summed E-state index contributed by atoms with van der Waals surface area (Å²) in [6.45, 7) is 13.9. The minimum Gasteiger partial charge on any atom is -0.456 e. The lowest BCUT2D eigenvalue weighted by Crippen LogP contribution is -2.56. The van der Waals surface area contributed by atoms with Crippen LogP contribution in [-0.2, 0) is 10.8 Å². The summed E-state index contributed by atoms with van der Waals surface area (Å²) in [6, 6.07) is 47.7. The molecule has 0 saturated carbocycles. The maximum Gasteiger partial charge on any atom is 0.333 e. The first-order chi connectivity index (χ1) is 25.1. The highest BCUT2D eigenvalue weighted by Gasteiger charge is 2.45. The summed E-state index contributed by atoms with van der Waals surface area (Å²) in [4.78, 5) is 2.58. The van der Waals surface area contributed by atoms with E-state index in [4.69, 9.17) is 4.42 Å². The lowest BCUT2D eigenvalue weighted by molar-refractivity contribution is 0.569. The van der Waals surface area contributed by atoms with E-state index in [2.05, 4.69) is 178 Å². The van der Waals surface area contributed by atoms with Gasteiger partial charge in [0, 0.05) is 61.0 Å². The summed E-state index contributed by atoms with van der Waals surface area (Å²) in [5, 5.41) is 7.44. The summed E-state index contributed by atoms with van der Waals surface area (Å²) in [5.41, 5.74) is 15.8. The minimum atomic E-state index is -0.0379. The van der Waals surface area contributed by atoms with Gasteiger partial charge in [-0.3, -0.25) is 0 Å². The van der Waals surface area contributed by atoms with Crippen molar-refractivity contribution >= 4 is 89.4 Å². The molecule has 7 aromatic carbocycles. The zero-order valence-electron chi connectivity index (χ0n) is 30.5. The van der Waals surface area contributed by atoms with Gasteiger partial charge in [0.05, 0.1) is 5.69 Å². The highest BCUT2D eigenvalue weighted by molar-refractivity contribution is 6.90. The average Bonchev–Trinajstić information content (AvgIpc) is 3.68. The Morgan fingerprint density at radius 2 is 1.25 bits per heavy atom. The number of hydrogen-bond acceptors (Lipinski definition) is 2. The van der Waals surface area contributed by atoms with Crippen molar-refractivity contribution in [1.82, 2.24) is 4.48 Å². The third-order valence-electron chi connectivity index (χ3n) is 11.8. The van der Waals surface area contributed by atoms with Crippen LogP contribution in [0.4, 0.5) is 17.1 Å². The molecule has 0 N–H and O–H groups in total. The largest absolute Gasteiger partial charge is 0.456 e. The summed E-state index contributed by atoms with van der Waals surface area (Å²) in [7, 11) is 0. The predicted octanol–water partition coefficient (Wildman–Crippen LogP) is 11.9. The van der Waals surface area contributed by atoms with E-state index in [9.17, 15) is 0 Å². The number of para-hydroxylation sites is 3. The molecule has 0 radical (unpaired) electrons. The monoisotopic (exact) mass is 670 g/mol. The molecular weight excluding hydrogens is 631 g/mol. The summed E-state index contributed by atoms with van der Waals surface area (Å²) in [5.74, 6) is 0. The summed E-state index contributed by atoms with van der Waals surface area (Å²) >= 11 is 0. The van der Waals surface area contributed by atoms with Gasteiger partial charge in [0.15, 0.2) is 0 Å². The van der Waals surface area contributed by atoms with Gasteiger partial charge in [-0.1, -0.05) is 139 Å². The van der Waals surface area contributed by atoms with Gasteiger partial charge in [-0.15, -0.1) is 0 Å². The Morgan fingerprint density at radius 1 is 0.577 bits per heavy atom. The van der Waals surface area contributed by atoms with Crippen LogP contribution < -0.4 is 15.8 Å². The summed E-state index contributed by atoms with van der Waals surface area (Å²) < 4.78 is 9.50. The molecule has 0 atom stereocenters. The van der Waals surface area contributed by atoms with Gasteiger partial charge in [0.25, 0.3) is 0 Å². The SMILES string of the molecule is CC(C)(C)c1cc(N2c3cc4oc5ccccc5c4c4c3B(c3ccc5ccccc5c32)n2c3ccccc3c3cccc-4c32)cc(C(C)(C)C)c1. The van der Waals surface area contributed by atoms with Crippen molar-refractivity contribution in [3.05, 3.63) is 139 Å². The second-order valence-corrected chi connectivity index (χ2v) is 17.0. The number of rotatable bonds is 1. The number of benzene rings is 7. The van der Waals surface area contributed by atoms with Crippen molar-refractivity contribution in [2.24, 2.45) is 0 Å². The van der Waals surface area contributed by atoms with E-state index < -0.39 is 0 Å². The van der Waals surface area contributed by atoms with E-state index in [-0.39, 0.29) is 17.7 Å². The van der Waals surface area contributed by atoms with Crippen LogP contribution in [0.5, 0.6) is 0 Å². The lowest BCUT2D eigenvalue weighted by Gasteiger charge is -2.42. The van der Waals surface area contributed by atoms with Crippen molar-refractivity contribution in [1.29, 1.82) is 0 Å². The molecule has 11 rings (SSSR count). The predicted molar refractivity (Wildman–Crippen MR) is 222 cm³/mol. The molecule has 0 unspecified atom stereocenters. The summed E-state index contributed by atoms with van der Waals surface area (Å²) in [6.07, 6.45) is 0. The minimum absolute atomic E-state index is 0.0351. The molecule has 9 aromatic rings. The number of fused-ring (bicyclic) bond motifs is 13. The second-order valence-electron chi connectivity index (χ2n) is 17.0. The lowest BCUT2D eigenvalue weighted by atomic mass is 9.44. The molecule has 3 nitrogen and oxygen atoms in total. The second kappa shape index (κ2) is 9.98. The van der Waals surface area contributed by atoms with Crippen LogP contribution in [0.15, 0.2) is 132 Å². The maximum absolute atomic E-state index is 6.85. The van der Waals surface area contributed by atoms with Crippen LogP contribution in [0.2, 0.25) is 0 Å². The average molecular weight is 671 g/mol. The maximum atomic E-state index is 6.85. The molecule has 2 aliphatic heterocycles. The van der Waals surface area contributed by atoms with Gasteiger partial charge >= 0.3 is 6.85 Å². The first-order valence-corrected chi connectivity index (χ1v) is 18.6. The van der Waals surface area contributed by atoms with Crippen LogP contribution in [0.25, 0.3) is 65.6 Å². The van der Waals surface area contributed by atoms with E-state index in [0.717, 1.165) is 16.6 Å². The number of hydrogen-bond donors (Lipinski definition) is 0. The molecule has 52 heavy (non-hydrogen) atoms. The van der Waals surface area contributed by atoms with Crippen LogP contribution in [0, 0.1) is 0 Å². The van der Waals surface area contributed by atoms with Crippen molar-refractivity contribution in [3.8, 4) is 11.1 Å². The highest BCUT2D eigenvalue weighted by atomic mass is 16.3. The Balaban J connectivity index is 1.39. The molecule has 0 spiro atoms. The van der Waals surface area contributed by atoms with Gasteiger partial charge in [-0.2, -0.15) is 0 Å². The molecule has 4 heterocycles. The number of anilines is 3. The number of furan rings is 1. The Morgan fingerprint density at radius 3 is 2.02 bits per heavy atom. The standard InChI is InChI=1S/C48H39BN2O/c1-47(2,3)29-24-30(48(4,5)6)26-31(25-29)50-39-27-41-42(35-17-10-12-21-40(35)52-41)43-36-19-13-18-34-33-16-9-11-20-38(33)51(45(34)36)49(44(39)43)37-23-22-28-14-7-8-15-32(28)46(37)50/h7-27H,1-6H3. The Labute approximate surface area is 304 Å². The third kappa shape index (κ3) is 3.87. The van der Waals surface area contributed by atoms with Crippen molar-refractivity contribution in [2.75, 3.05) is 4.90 Å². The zero-order valence-corrected chi connectivity index (χ0v) is 30.5. The first-order valence-electron chi connectivity index (χ1n) is 18.6. The van der Waals surface area contributed by atoms with E-state index in [1.807, 2.05) is 0 Å². The third-order valence-corrected chi connectivity index (χ3v) is 11.8. The molecule has 0 saturated heterocycles. The van der Waals surface area contributed by atoms with Gasteiger partial charge in [0.1, 0.15) is 11.2 Å². The smallest absolute Gasteiger partial charge is 0.333 e. The quantitative estimate of drug-likeness (QED) is 0.162.